The van der Waals surface area contributed by atoms with Crippen molar-refractivity contribution >= 4 is 28.1 Å². The molecule has 0 unspecified atom stereocenters. The summed E-state index contributed by atoms with van der Waals surface area (Å²) in [4.78, 5) is 12.7. The Bertz CT molecular complexity index is 1020. The van der Waals surface area contributed by atoms with Crippen LogP contribution in [0.1, 0.15) is 41.0 Å². The zero-order valence-electron chi connectivity index (χ0n) is 16.1. The second-order valence-corrected chi connectivity index (χ2v) is 9.25. The molecule has 3 rings (SSSR count). The number of carbonyl (C=O) groups excluding carboxylic acids is 1. The second-order valence-electron chi connectivity index (χ2n) is 6.95. The van der Waals surface area contributed by atoms with Crippen LogP contribution in [0.4, 0.5) is 0 Å². The van der Waals surface area contributed by atoms with Crippen LogP contribution in [0.3, 0.4) is 0 Å². The number of amides is 1. The highest BCUT2D eigenvalue weighted by Crippen LogP contribution is 2.24. The molecule has 0 atom stereocenters. The predicted octanol–water partition coefficient (Wildman–Crippen LogP) is 1.93. The van der Waals surface area contributed by atoms with Crippen molar-refractivity contribution in [1.82, 2.24) is 24.4 Å². The molecule has 2 N–H and O–H groups in total. The average Bonchev–Trinajstić information content (AvgIpc) is 3.01. The van der Waals surface area contributed by atoms with Crippen LogP contribution in [-0.4, -0.2) is 53.0 Å². The molecule has 152 valence electrons. The van der Waals surface area contributed by atoms with Crippen LogP contribution >= 0.6 is 12.2 Å². The number of piperidine rings is 1. The Morgan fingerprint density at radius 3 is 2.64 bits per heavy atom. The zero-order valence-corrected chi connectivity index (χ0v) is 17.7. The quantitative estimate of drug-likeness (QED) is 0.692. The number of hydrogen-bond donors (Lipinski definition) is 2. The minimum absolute atomic E-state index is 0.205. The van der Waals surface area contributed by atoms with E-state index in [0.29, 0.717) is 42.0 Å². The Morgan fingerprint density at radius 2 is 2.00 bits per heavy atom. The molecule has 0 bridgehead atoms. The van der Waals surface area contributed by atoms with E-state index >= 15 is 0 Å². The summed E-state index contributed by atoms with van der Waals surface area (Å²) >= 11 is 5.06. The van der Waals surface area contributed by atoms with E-state index in [1.165, 1.54) is 10.4 Å². The van der Waals surface area contributed by atoms with Gasteiger partial charge in [-0.15, -0.1) is 0 Å². The van der Waals surface area contributed by atoms with Gasteiger partial charge in [0, 0.05) is 38.7 Å². The van der Waals surface area contributed by atoms with E-state index in [1.54, 1.807) is 30.7 Å². The van der Waals surface area contributed by atoms with E-state index in [1.807, 2.05) is 0 Å². The molecular formula is C18H25N5O3S2. The first kappa shape index (κ1) is 20.7. The highest BCUT2D eigenvalue weighted by Gasteiger charge is 2.28. The third kappa shape index (κ3) is 4.34. The van der Waals surface area contributed by atoms with E-state index in [4.69, 9.17) is 12.2 Å². The zero-order chi connectivity index (χ0) is 20.3. The summed E-state index contributed by atoms with van der Waals surface area (Å²) in [5, 5.41) is 9.62. The number of H-pyrrole nitrogens is 1. The first-order chi connectivity index (χ1) is 13.3. The number of rotatable bonds is 6. The molecule has 0 aliphatic carbocycles. The summed E-state index contributed by atoms with van der Waals surface area (Å²) in [5.41, 5.74) is 0.972. The predicted molar refractivity (Wildman–Crippen MR) is 108 cm³/mol. The minimum Gasteiger partial charge on any atom is -0.352 e. The van der Waals surface area contributed by atoms with E-state index in [-0.39, 0.29) is 10.8 Å². The van der Waals surface area contributed by atoms with Crippen molar-refractivity contribution in [3.05, 3.63) is 39.9 Å². The minimum atomic E-state index is -3.59. The van der Waals surface area contributed by atoms with Crippen LogP contribution in [0.25, 0.3) is 0 Å². The number of nitrogens with zero attached hydrogens (tertiary/aromatic N) is 3. The topological polar surface area (TPSA) is 100 Å². The SMILES string of the molecule is Cc1ccc(C(=O)NCCc2n[nH]c(=S)n2C)cc1S(=O)(=O)N1CCCCC1. The van der Waals surface area contributed by atoms with Gasteiger partial charge < -0.3 is 9.88 Å². The maximum absolute atomic E-state index is 13.0. The molecule has 1 fully saturated rings. The summed E-state index contributed by atoms with van der Waals surface area (Å²) in [6.45, 7) is 3.18. The van der Waals surface area contributed by atoms with Gasteiger partial charge in [-0.2, -0.15) is 9.40 Å². The number of aromatic nitrogens is 3. The third-order valence-corrected chi connectivity index (χ3v) is 7.40. The molecule has 10 heteroatoms. The normalized spacial score (nSPS) is 15.5. The third-order valence-electron chi connectivity index (χ3n) is 4.99. The van der Waals surface area contributed by atoms with Crippen LogP contribution in [-0.2, 0) is 23.5 Å². The summed E-state index contributed by atoms with van der Waals surface area (Å²) < 4.78 is 29.8. The number of carbonyl (C=O) groups is 1. The van der Waals surface area contributed by atoms with Gasteiger partial charge in [-0.3, -0.25) is 9.89 Å². The fourth-order valence-electron chi connectivity index (χ4n) is 3.26. The number of hydrogen-bond acceptors (Lipinski definition) is 5. The average molecular weight is 424 g/mol. The van der Waals surface area contributed by atoms with Gasteiger partial charge in [0.1, 0.15) is 5.82 Å². The molecule has 0 radical (unpaired) electrons. The Hall–Kier alpha value is -2.04. The molecule has 1 aliphatic rings. The van der Waals surface area contributed by atoms with Gasteiger partial charge in [-0.25, -0.2) is 8.42 Å². The molecule has 1 amide bonds. The summed E-state index contributed by atoms with van der Waals surface area (Å²) in [6.07, 6.45) is 3.30. The first-order valence-corrected chi connectivity index (χ1v) is 11.1. The van der Waals surface area contributed by atoms with Crippen LogP contribution < -0.4 is 5.32 Å². The molecule has 0 spiro atoms. The van der Waals surface area contributed by atoms with Gasteiger partial charge in [-0.1, -0.05) is 12.5 Å². The van der Waals surface area contributed by atoms with E-state index in [0.717, 1.165) is 25.1 Å². The first-order valence-electron chi connectivity index (χ1n) is 9.30. The molecule has 1 aromatic heterocycles. The van der Waals surface area contributed by atoms with Gasteiger partial charge in [0.25, 0.3) is 5.91 Å². The molecule has 2 heterocycles. The second kappa shape index (κ2) is 8.54. The fraction of sp³-hybridized carbons (Fsp3) is 0.500. The Kier molecular flexibility index (Phi) is 6.31. The summed E-state index contributed by atoms with van der Waals surface area (Å²) in [5.74, 6) is 0.425. The smallest absolute Gasteiger partial charge is 0.251 e. The van der Waals surface area contributed by atoms with Gasteiger partial charge >= 0.3 is 0 Å². The maximum Gasteiger partial charge on any atom is 0.251 e. The van der Waals surface area contributed by atoms with Crippen molar-refractivity contribution in [3.8, 4) is 0 Å². The maximum atomic E-state index is 13.0. The summed E-state index contributed by atoms with van der Waals surface area (Å²) in [7, 11) is -1.78. The van der Waals surface area contributed by atoms with Crippen LogP contribution in [0.2, 0.25) is 0 Å². The molecule has 1 aliphatic heterocycles. The Balaban J connectivity index is 1.72. The highest BCUT2D eigenvalue weighted by molar-refractivity contribution is 7.89. The molecule has 1 aromatic carbocycles. The summed E-state index contributed by atoms with van der Waals surface area (Å²) in [6, 6.07) is 4.81. The van der Waals surface area contributed by atoms with Gasteiger partial charge in [0.2, 0.25) is 10.0 Å². The van der Waals surface area contributed by atoms with Gasteiger partial charge in [0.05, 0.1) is 4.90 Å². The lowest BCUT2D eigenvalue weighted by Gasteiger charge is -2.26. The van der Waals surface area contributed by atoms with Gasteiger partial charge in [0.15, 0.2) is 4.77 Å². The number of aryl methyl sites for hydroxylation is 1. The molecule has 1 saturated heterocycles. The molecule has 28 heavy (non-hydrogen) atoms. The highest BCUT2D eigenvalue weighted by atomic mass is 32.2. The number of nitrogens with one attached hydrogen (secondary N) is 2. The molecule has 0 saturated carbocycles. The lowest BCUT2D eigenvalue weighted by Crippen LogP contribution is -2.36. The monoisotopic (exact) mass is 423 g/mol. The Morgan fingerprint density at radius 1 is 1.29 bits per heavy atom. The lowest BCUT2D eigenvalue weighted by molar-refractivity contribution is 0.0953. The number of sulfonamides is 1. The van der Waals surface area contributed by atoms with Crippen molar-refractivity contribution in [2.75, 3.05) is 19.6 Å². The van der Waals surface area contributed by atoms with E-state index in [2.05, 4.69) is 15.5 Å². The molecule has 8 nitrogen and oxygen atoms in total. The van der Waals surface area contributed by atoms with Crippen molar-refractivity contribution in [3.63, 3.8) is 0 Å². The number of aromatic amines is 1. The van der Waals surface area contributed by atoms with Crippen molar-refractivity contribution in [1.29, 1.82) is 0 Å². The Labute approximate surface area is 170 Å². The van der Waals surface area contributed by atoms with Crippen molar-refractivity contribution in [2.45, 2.75) is 37.5 Å². The molecular weight excluding hydrogens is 398 g/mol. The van der Waals surface area contributed by atoms with Crippen LogP contribution in [0.15, 0.2) is 23.1 Å². The van der Waals surface area contributed by atoms with Crippen LogP contribution in [0, 0.1) is 11.7 Å². The standard InChI is InChI=1S/C18H25N5O3S2/c1-13-6-7-14(12-15(13)28(25,26)23-10-4-3-5-11-23)17(24)19-9-8-16-20-21-18(27)22(16)2/h6-7,12H,3-5,8-11H2,1-2H3,(H,19,24)(H,21,27). The fourth-order valence-corrected chi connectivity index (χ4v) is 5.18. The molecule has 2 aromatic rings. The van der Waals surface area contributed by atoms with Gasteiger partial charge in [-0.05, 0) is 49.7 Å². The van der Waals surface area contributed by atoms with Crippen LogP contribution in [0.5, 0.6) is 0 Å². The largest absolute Gasteiger partial charge is 0.352 e. The van der Waals surface area contributed by atoms with Crippen molar-refractivity contribution < 1.29 is 13.2 Å². The van der Waals surface area contributed by atoms with E-state index < -0.39 is 10.0 Å². The van der Waals surface area contributed by atoms with E-state index in [9.17, 15) is 13.2 Å². The van der Waals surface area contributed by atoms with Crippen molar-refractivity contribution in [2.24, 2.45) is 7.05 Å². The number of benzene rings is 1. The lowest BCUT2D eigenvalue weighted by atomic mass is 10.1.